The van der Waals surface area contributed by atoms with Crippen LogP contribution < -0.4 is 0 Å². The van der Waals surface area contributed by atoms with Gasteiger partial charge in [0.1, 0.15) is 0 Å². The molecular formula is C6H14FLiO3S. The molecule has 0 saturated carbocycles. The summed E-state index contributed by atoms with van der Waals surface area (Å²) in [5.74, 6) is 0. The van der Waals surface area contributed by atoms with E-state index in [1.807, 2.05) is 6.92 Å². The molecular weight excluding hydrogens is 178 g/mol. The molecule has 70 valence electrons. The number of hydrogen-bond acceptors (Lipinski definition) is 2. The van der Waals surface area contributed by atoms with E-state index in [4.69, 9.17) is 4.55 Å². The molecule has 12 heavy (non-hydrogen) atoms. The van der Waals surface area contributed by atoms with E-state index in [0.717, 1.165) is 12.8 Å². The van der Waals surface area contributed by atoms with Crippen molar-refractivity contribution >= 4 is 29.0 Å². The SMILES string of the molecule is CCCCCC(F)S(=O)(=O)O.[LiH]. The van der Waals surface area contributed by atoms with Crippen LogP contribution in [0.2, 0.25) is 0 Å². The minimum absolute atomic E-state index is 0. The maximum atomic E-state index is 12.4. The van der Waals surface area contributed by atoms with Crippen LogP contribution in [0.3, 0.4) is 0 Å². The summed E-state index contributed by atoms with van der Waals surface area (Å²) in [7, 11) is -4.45. The molecule has 0 fully saturated rings. The van der Waals surface area contributed by atoms with Crippen LogP contribution in [0, 0.1) is 0 Å². The molecule has 1 unspecified atom stereocenters. The van der Waals surface area contributed by atoms with Crippen LogP contribution in [-0.2, 0) is 10.1 Å². The van der Waals surface area contributed by atoms with E-state index in [9.17, 15) is 12.8 Å². The topological polar surface area (TPSA) is 54.4 Å². The Hall–Kier alpha value is 0.437. The Bertz CT molecular complexity index is 193. The van der Waals surface area contributed by atoms with E-state index < -0.39 is 15.6 Å². The number of alkyl halides is 1. The molecule has 0 amide bonds. The van der Waals surface area contributed by atoms with Crippen molar-refractivity contribution in [3.05, 3.63) is 0 Å². The first-order valence-corrected chi connectivity index (χ1v) is 5.09. The van der Waals surface area contributed by atoms with Gasteiger partial charge >= 0.3 is 18.9 Å². The Balaban J connectivity index is 0. The Morgan fingerprint density at radius 1 is 1.42 bits per heavy atom. The van der Waals surface area contributed by atoms with E-state index in [0.29, 0.717) is 6.42 Å². The van der Waals surface area contributed by atoms with E-state index in [1.165, 1.54) is 0 Å². The molecule has 0 aromatic rings. The van der Waals surface area contributed by atoms with Gasteiger partial charge in [-0.1, -0.05) is 19.8 Å². The second-order valence-corrected chi connectivity index (χ2v) is 3.96. The summed E-state index contributed by atoms with van der Waals surface area (Å²) >= 11 is 0. The molecule has 0 aliphatic heterocycles. The third-order valence-electron chi connectivity index (χ3n) is 1.36. The van der Waals surface area contributed by atoms with Gasteiger partial charge in [-0.25, -0.2) is 4.39 Å². The molecule has 0 aliphatic rings. The van der Waals surface area contributed by atoms with Crippen LogP contribution in [0.4, 0.5) is 4.39 Å². The molecule has 0 aliphatic carbocycles. The van der Waals surface area contributed by atoms with Gasteiger partial charge in [-0.05, 0) is 12.8 Å². The fourth-order valence-electron chi connectivity index (χ4n) is 0.704. The van der Waals surface area contributed by atoms with Crippen molar-refractivity contribution in [2.75, 3.05) is 0 Å². The van der Waals surface area contributed by atoms with E-state index in [2.05, 4.69) is 0 Å². The van der Waals surface area contributed by atoms with Crippen molar-refractivity contribution in [3.8, 4) is 0 Å². The van der Waals surface area contributed by atoms with Gasteiger partial charge in [-0.2, -0.15) is 8.42 Å². The molecule has 6 heteroatoms. The molecule has 0 aromatic heterocycles. The number of unbranched alkanes of at least 4 members (excludes halogenated alkanes) is 2. The molecule has 0 rings (SSSR count). The van der Waals surface area contributed by atoms with Crippen molar-refractivity contribution in [2.24, 2.45) is 0 Å². The number of halogens is 1. The van der Waals surface area contributed by atoms with E-state index >= 15 is 0 Å². The molecule has 0 spiro atoms. The van der Waals surface area contributed by atoms with Gasteiger partial charge in [0.25, 0.3) is 10.1 Å². The third kappa shape index (κ3) is 7.11. The zero-order valence-corrected chi connectivity index (χ0v) is 7.27. The molecule has 3 nitrogen and oxygen atoms in total. The average Bonchev–Trinajstić information content (AvgIpc) is 1.86. The zero-order chi connectivity index (χ0) is 8.91. The first kappa shape index (κ1) is 14.9. The first-order valence-electron chi connectivity index (χ1n) is 3.59. The molecule has 0 heterocycles. The molecule has 1 N–H and O–H groups in total. The normalized spacial score (nSPS) is 13.6. The van der Waals surface area contributed by atoms with Gasteiger partial charge in [0.2, 0.25) is 5.50 Å². The van der Waals surface area contributed by atoms with Crippen molar-refractivity contribution in [2.45, 2.75) is 38.1 Å². The van der Waals surface area contributed by atoms with Crippen molar-refractivity contribution < 1.29 is 17.4 Å². The van der Waals surface area contributed by atoms with Gasteiger partial charge in [0.05, 0.1) is 0 Å². The fraction of sp³-hybridized carbons (Fsp3) is 1.00. The van der Waals surface area contributed by atoms with Crippen LogP contribution in [0.25, 0.3) is 0 Å². The third-order valence-corrected chi connectivity index (χ3v) is 2.24. The van der Waals surface area contributed by atoms with Gasteiger partial charge in [0.15, 0.2) is 0 Å². The molecule has 0 radical (unpaired) electrons. The number of rotatable bonds is 5. The summed E-state index contributed by atoms with van der Waals surface area (Å²) in [6, 6.07) is 0. The summed E-state index contributed by atoms with van der Waals surface area (Å²) in [5, 5.41) is 0. The van der Waals surface area contributed by atoms with Crippen LogP contribution in [0.5, 0.6) is 0 Å². The zero-order valence-electron chi connectivity index (χ0n) is 6.46. The van der Waals surface area contributed by atoms with E-state index in [-0.39, 0.29) is 25.3 Å². The van der Waals surface area contributed by atoms with Crippen LogP contribution in [0.1, 0.15) is 32.6 Å². The monoisotopic (exact) mass is 192 g/mol. The van der Waals surface area contributed by atoms with Gasteiger partial charge in [-0.3, -0.25) is 4.55 Å². The molecule has 0 saturated heterocycles. The van der Waals surface area contributed by atoms with Crippen molar-refractivity contribution in [1.29, 1.82) is 0 Å². The average molecular weight is 192 g/mol. The Labute approximate surface area is 84.7 Å². The Kier molecular flexibility index (Phi) is 8.59. The van der Waals surface area contributed by atoms with Crippen LogP contribution in [-0.4, -0.2) is 37.3 Å². The second kappa shape index (κ2) is 6.90. The predicted molar refractivity (Wildman–Crippen MR) is 47.7 cm³/mol. The van der Waals surface area contributed by atoms with Gasteiger partial charge in [0, 0.05) is 0 Å². The summed E-state index contributed by atoms with van der Waals surface area (Å²) in [6.45, 7) is 1.93. The molecule has 0 bridgehead atoms. The summed E-state index contributed by atoms with van der Waals surface area (Å²) in [4.78, 5) is 0. The summed E-state index contributed by atoms with van der Waals surface area (Å²) in [5.41, 5.74) is -2.10. The van der Waals surface area contributed by atoms with Crippen LogP contribution in [0.15, 0.2) is 0 Å². The summed E-state index contributed by atoms with van der Waals surface area (Å²) < 4.78 is 40.8. The molecule has 1 atom stereocenters. The second-order valence-electron chi connectivity index (χ2n) is 2.42. The van der Waals surface area contributed by atoms with E-state index in [1.54, 1.807) is 0 Å². The quantitative estimate of drug-likeness (QED) is 0.403. The molecule has 0 aromatic carbocycles. The maximum absolute atomic E-state index is 12.4. The first-order chi connectivity index (χ1) is 4.98. The summed E-state index contributed by atoms with van der Waals surface area (Å²) in [6.07, 6.45) is 2.08. The van der Waals surface area contributed by atoms with Crippen molar-refractivity contribution in [3.63, 3.8) is 0 Å². The Morgan fingerprint density at radius 3 is 2.25 bits per heavy atom. The predicted octanol–water partition coefficient (Wildman–Crippen LogP) is 1.10. The Morgan fingerprint density at radius 2 is 1.92 bits per heavy atom. The van der Waals surface area contributed by atoms with Crippen molar-refractivity contribution in [1.82, 2.24) is 0 Å². The van der Waals surface area contributed by atoms with Crippen LogP contribution >= 0.6 is 0 Å². The fourth-order valence-corrected chi connectivity index (χ4v) is 1.17. The van der Waals surface area contributed by atoms with Gasteiger partial charge < -0.3 is 0 Å². The standard InChI is InChI=1S/C6H13FO3S.Li.H/c1-2-3-4-5-6(7)11(8,9)10;;/h6H,2-5H2,1H3,(H,8,9,10);;. The number of hydrogen-bond donors (Lipinski definition) is 1. The van der Waals surface area contributed by atoms with Gasteiger partial charge in [-0.15, -0.1) is 0 Å². The minimum atomic E-state index is -4.45.